The van der Waals surface area contributed by atoms with Gasteiger partial charge in [-0.05, 0) is 54.7 Å². The van der Waals surface area contributed by atoms with Crippen molar-refractivity contribution < 1.29 is 41.0 Å². The van der Waals surface area contributed by atoms with Crippen molar-refractivity contribution in [2.24, 2.45) is 0 Å². The second kappa shape index (κ2) is 9.93. The molecule has 0 saturated carbocycles. The number of fused-ring (bicyclic) bond motifs is 1. The molecule has 4 rings (SSSR count). The summed E-state index contributed by atoms with van der Waals surface area (Å²) in [6.07, 6.45) is -11.3. The Labute approximate surface area is 204 Å². The van der Waals surface area contributed by atoms with Crippen LogP contribution in [0.3, 0.4) is 0 Å². The molecule has 3 atom stereocenters. The Balaban J connectivity index is 1.63. The molecule has 1 saturated heterocycles. The number of halogens is 6. The standard InChI is InChI=1S/C25H26F6N2O3/c1-15(17-12-18(24(26,27)28)14-19(13-17)25(29,30)31)36-21-7-6-16-4-2-3-5-20(16)22(21)32-8-10-33(11-9-32)23(34)35/h2-5,12-15,21-22H,6-11H2,1H3,(H,34,35)/t15?,21-,22-/m0/s1. The van der Waals surface area contributed by atoms with Gasteiger partial charge >= 0.3 is 18.4 Å². The van der Waals surface area contributed by atoms with Crippen molar-refractivity contribution in [1.82, 2.24) is 9.80 Å². The first kappa shape index (κ1) is 26.3. The lowest BCUT2D eigenvalue weighted by atomic mass is 9.84. The maximum Gasteiger partial charge on any atom is 0.416 e. The molecule has 2 aromatic carbocycles. The zero-order valence-electron chi connectivity index (χ0n) is 19.4. The average Bonchev–Trinajstić information content (AvgIpc) is 2.82. The monoisotopic (exact) mass is 516 g/mol. The quantitative estimate of drug-likeness (QED) is 0.495. The molecule has 0 radical (unpaired) electrons. The van der Waals surface area contributed by atoms with Crippen LogP contribution in [0.2, 0.25) is 0 Å². The molecule has 0 bridgehead atoms. The summed E-state index contributed by atoms with van der Waals surface area (Å²) in [5, 5.41) is 9.27. The molecule has 5 nitrogen and oxygen atoms in total. The third-order valence-corrected chi connectivity index (χ3v) is 6.86. The fourth-order valence-electron chi connectivity index (χ4n) is 5.03. The number of carboxylic acid groups (broad SMARTS) is 1. The van der Waals surface area contributed by atoms with Gasteiger partial charge in [0.05, 0.1) is 29.4 Å². The highest BCUT2D eigenvalue weighted by Gasteiger charge is 2.40. The number of amides is 1. The number of nitrogens with zero attached hydrogens (tertiary/aromatic N) is 2. The van der Waals surface area contributed by atoms with Crippen LogP contribution in [0.15, 0.2) is 42.5 Å². The van der Waals surface area contributed by atoms with Gasteiger partial charge in [-0.15, -0.1) is 0 Å². The Morgan fingerprint density at radius 1 is 0.972 bits per heavy atom. The predicted octanol–water partition coefficient (Wildman–Crippen LogP) is 6.15. The number of benzene rings is 2. The minimum atomic E-state index is -4.94. The molecule has 1 unspecified atom stereocenters. The maximum absolute atomic E-state index is 13.4. The van der Waals surface area contributed by atoms with Crippen LogP contribution in [0.1, 0.15) is 53.3 Å². The van der Waals surface area contributed by atoms with E-state index < -0.39 is 41.8 Å². The molecule has 1 aliphatic carbocycles. The van der Waals surface area contributed by atoms with Crippen LogP contribution >= 0.6 is 0 Å². The van der Waals surface area contributed by atoms with Crippen molar-refractivity contribution in [1.29, 1.82) is 0 Å². The van der Waals surface area contributed by atoms with Crippen LogP contribution in [0.5, 0.6) is 0 Å². The lowest BCUT2D eigenvalue weighted by Crippen LogP contribution is -2.52. The van der Waals surface area contributed by atoms with Gasteiger partial charge in [0.25, 0.3) is 0 Å². The zero-order chi connectivity index (χ0) is 26.3. The van der Waals surface area contributed by atoms with Crippen LogP contribution in [0.4, 0.5) is 31.1 Å². The fourth-order valence-corrected chi connectivity index (χ4v) is 5.03. The fraction of sp³-hybridized carbons (Fsp3) is 0.480. The Hall–Kier alpha value is -2.79. The first-order chi connectivity index (χ1) is 16.8. The molecule has 1 heterocycles. The van der Waals surface area contributed by atoms with Gasteiger partial charge < -0.3 is 14.7 Å². The van der Waals surface area contributed by atoms with E-state index in [1.54, 1.807) is 0 Å². The van der Waals surface area contributed by atoms with Gasteiger partial charge in [-0.2, -0.15) is 26.3 Å². The van der Waals surface area contributed by atoms with E-state index in [0.29, 0.717) is 51.2 Å². The van der Waals surface area contributed by atoms with E-state index in [9.17, 15) is 36.2 Å². The highest BCUT2D eigenvalue weighted by atomic mass is 19.4. The number of aryl methyl sites for hydroxylation is 1. The maximum atomic E-state index is 13.4. The van der Waals surface area contributed by atoms with Crippen molar-refractivity contribution in [3.8, 4) is 0 Å². The Kier molecular flexibility index (Phi) is 7.25. The van der Waals surface area contributed by atoms with Crippen LogP contribution in [0.25, 0.3) is 0 Å². The number of piperazine rings is 1. The van der Waals surface area contributed by atoms with Gasteiger partial charge in [-0.1, -0.05) is 24.3 Å². The number of ether oxygens (including phenoxy) is 1. The molecule has 0 spiro atoms. The minimum Gasteiger partial charge on any atom is -0.465 e. The number of hydrogen-bond acceptors (Lipinski definition) is 3. The Morgan fingerprint density at radius 2 is 1.56 bits per heavy atom. The van der Waals surface area contributed by atoms with E-state index in [0.717, 1.165) is 11.1 Å². The number of carbonyl (C=O) groups is 1. The van der Waals surface area contributed by atoms with E-state index in [1.807, 2.05) is 24.3 Å². The number of rotatable bonds is 4. The normalized spacial score (nSPS) is 22.2. The topological polar surface area (TPSA) is 53.0 Å². The predicted molar refractivity (Wildman–Crippen MR) is 118 cm³/mol. The summed E-state index contributed by atoms with van der Waals surface area (Å²) in [6.45, 7) is 2.90. The van der Waals surface area contributed by atoms with E-state index in [2.05, 4.69) is 4.90 Å². The lowest BCUT2D eigenvalue weighted by Gasteiger charge is -2.45. The zero-order valence-corrected chi connectivity index (χ0v) is 19.4. The molecule has 2 aliphatic rings. The van der Waals surface area contributed by atoms with Crippen LogP contribution < -0.4 is 0 Å². The minimum absolute atomic E-state index is 0.109. The largest absolute Gasteiger partial charge is 0.465 e. The van der Waals surface area contributed by atoms with Crippen LogP contribution in [0, 0.1) is 0 Å². The first-order valence-electron chi connectivity index (χ1n) is 11.6. The van der Waals surface area contributed by atoms with E-state index in [-0.39, 0.29) is 17.7 Å². The average molecular weight is 516 g/mol. The molecule has 1 amide bonds. The Morgan fingerprint density at radius 3 is 2.11 bits per heavy atom. The van der Waals surface area contributed by atoms with Gasteiger partial charge in [0, 0.05) is 26.2 Å². The van der Waals surface area contributed by atoms with Crippen molar-refractivity contribution in [2.75, 3.05) is 26.2 Å². The lowest BCUT2D eigenvalue weighted by molar-refractivity contribution is -0.143. The highest BCUT2D eigenvalue weighted by molar-refractivity contribution is 5.65. The van der Waals surface area contributed by atoms with Crippen molar-refractivity contribution in [3.63, 3.8) is 0 Å². The summed E-state index contributed by atoms with van der Waals surface area (Å²) in [6, 6.07) is 8.91. The summed E-state index contributed by atoms with van der Waals surface area (Å²) < 4.78 is 86.3. The third kappa shape index (κ3) is 5.62. The third-order valence-electron chi connectivity index (χ3n) is 6.86. The number of hydrogen-bond donors (Lipinski definition) is 1. The molecule has 11 heteroatoms. The molecule has 1 aliphatic heterocycles. The summed E-state index contributed by atoms with van der Waals surface area (Å²) in [5.41, 5.74) is -0.888. The van der Waals surface area contributed by atoms with Gasteiger partial charge in [-0.25, -0.2) is 4.79 Å². The molecular weight excluding hydrogens is 490 g/mol. The summed E-state index contributed by atoms with van der Waals surface area (Å²) in [4.78, 5) is 14.7. The first-order valence-corrected chi connectivity index (χ1v) is 11.6. The SMILES string of the molecule is CC(O[C@H]1CCc2ccccc2[C@@H]1N1CCN(C(=O)O)CC1)c1cc(C(F)(F)F)cc(C(F)(F)F)c1. The van der Waals surface area contributed by atoms with Gasteiger partial charge in [0.2, 0.25) is 0 Å². The van der Waals surface area contributed by atoms with Gasteiger partial charge in [0.15, 0.2) is 0 Å². The summed E-state index contributed by atoms with van der Waals surface area (Å²) >= 11 is 0. The molecule has 196 valence electrons. The second-order valence-electron chi connectivity index (χ2n) is 9.14. The van der Waals surface area contributed by atoms with E-state index in [1.165, 1.54) is 11.8 Å². The van der Waals surface area contributed by atoms with Gasteiger partial charge in [0.1, 0.15) is 0 Å². The van der Waals surface area contributed by atoms with Crippen molar-refractivity contribution in [2.45, 2.75) is 50.4 Å². The van der Waals surface area contributed by atoms with E-state index in [4.69, 9.17) is 4.74 Å². The second-order valence-corrected chi connectivity index (χ2v) is 9.14. The summed E-state index contributed by atoms with van der Waals surface area (Å²) in [7, 11) is 0. The molecule has 1 N–H and O–H groups in total. The van der Waals surface area contributed by atoms with E-state index >= 15 is 0 Å². The Bertz CT molecular complexity index is 1060. The van der Waals surface area contributed by atoms with Gasteiger partial charge in [-0.3, -0.25) is 4.90 Å². The smallest absolute Gasteiger partial charge is 0.416 e. The van der Waals surface area contributed by atoms with Crippen molar-refractivity contribution >= 4 is 6.09 Å². The van der Waals surface area contributed by atoms with Crippen LogP contribution in [-0.2, 0) is 23.5 Å². The number of alkyl halides is 6. The van der Waals surface area contributed by atoms with Crippen LogP contribution in [-0.4, -0.2) is 53.3 Å². The molecular formula is C25H26F6N2O3. The highest BCUT2D eigenvalue weighted by Crippen LogP contribution is 2.41. The summed E-state index contributed by atoms with van der Waals surface area (Å²) in [5.74, 6) is 0. The molecule has 1 fully saturated rings. The molecule has 2 aromatic rings. The van der Waals surface area contributed by atoms with Crippen molar-refractivity contribution in [3.05, 3.63) is 70.3 Å². The molecule has 36 heavy (non-hydrogen) atoms. The molecule has 0 aromatic heterocycles.